The Morgan fingerprint density at radius 3 is 2.68 bits per heavy atom. The predicted octanol–water partition coefficient (Wildman–Crippen LogP) is 5.04. The van der Waals surface area contributed by atoms with E-state index in [0.717, 1.165) is 26.6 Å². The van der Waals surface area contributed by atoms with Crippen LogP contribution in [0.4, 0.5) is 0 Å². The van der Waals surface area contributed by atoms with Crippen molar-refractivity contribution in [3.8, 4) is 11.3 Å². The zero-order chi connectivity index (χ0) is 22.1. The molecule has 0 saturated heterocycles. The Kier molecular flexibility index (Phi) is 5.98. The number of thiophene rings is 1. The van der Waals surface area contributed by atoms with Crippen molar-refractivity contribution < 1.29 is 9.21 Å². The van der Waals surface area contributed by atoms with Gasteiger partial charge in [0.05, 0.1) is 18.3 Å². The Morgan fingerprint density at radius 1 is 1.19 bits per heavy atom. The van der Waals surface area contributed by atoms with Crippen LogP contribution in [0.2, 0.25) is 5.02 Å². The normalized spacial score (nSPS) is 11.2. The fourth-order valence-corrected chi connectivity index (χ4v) is 4.50. The Balaban J connectivity index is 1.40. The number of fused-ring (bicyclic) bond motifs is 1. The number of nitrogens with zero attached hydrogens (tertiary/aromatic N) is 3. The molecule has 0 saturated carbocycles. The first-order valence-electron chi connectivity index (χ1n) is 9.87. The fraction of sp³-hybridized carbons (Fsp3) is 0.261. The monoisotopic (exact) mass is 455 g/mol. The van der Waals surface area contributed by atoms with Crippen LogP contribution in [-0.2, 0) is 17.9 Å². The van der Waals surface area contributed by atoms with Crippen LogP contribution in [0.25, 0.3) is 21.5 Å². The molecule has 0 aliphatic heterocycles. The van der Waals surface area contributed by atoms with Crippen LogP contribution >= 0.6 is 22.9 Å². The molecule has 0 radical (unpaired) electrons. The van der Waals surface area contributed by atoms with Crippen molar-refractivity contribution in [2.75, 3.05) is 7.05 Å². The van der Waals surface area contributed by atoms with Gasteiger partial charge >= 0.3 is 0 Å². The molecular formula is C23H22ClN3O3S. The molecule has 31 heavy (non-hydrogen) atoms. The van der Waals surface area contributed by atoms with E-state index in [9.17, 15) is 9.59 Å². The Morgan fingerprint density at radius 2 is 1.94 bits per heavy atom. The van der Waals surface area contributed by atoms with Crippen LogP contribution in [0, 0.1) is 13.8 Å². The third-order valence-corrected chi connectivity index (χ3v) is 6.70. The second-order valence-corrected chi connectivity index (χ2v) is 9.12. The van der Waals surface area contributed by atoms with Gasteiger partial charge in [0.2, 0.25) is 5.91 Å². The summed E-state index contributed by atoms with van der Waals surface area (Å²) >= 11 is 7.45. The van der Waals surface area contributed by atoms with Gasteiger partial charge in [-0.15, -0.1) is 11.3 Å². The minimum absolute atomic E-state index is 0.0744. The van der Waals surface area contributed by atoms with Crippen molar-refractivity contribution in [3.05, 3.63) is 74.3 Å². The van der Waals surface area contributed by atoms with Gasteiger partial charge in [0.15, 0.2) is 0 Å². The number of hydrogen-bond donors (Lipinski definition) is 0. The highest BCUT2D eigenvalue weighted by Crippen LogP contribution is 2.26. The average Bonchev–Trinajstić information content (AvgIpc) is 3.32. The van der Waals surface area contributed by atoms with E-state index in [1.54, 1.807) is 11.9 Å². The maximum Gasteiger partial charge on any atom is 0.262 e. The van der Waals surface area contributed by atoms with E-state index in [0.29, 0.717) is 22.7 Å². The fourth-order valence-electron chi connectivity index (χ4n) is 3.39. The van der Waals surface area contributed by atoms with Crippen LogP contribution < -0.4 is 5.56 Å². The Bertz CT molecular complexity index is 1300. The molecule has 0 aliphatic carbocycles. The highest BCUT2D eigenvalue weighted by atomic mass is 35.5. The first kappa shape index (κ1) is 21.3. The molecule has 0 spiro atoms. The van der Waals surface area contributed by atoms with Crippen molar-refractivity contribution in [1.29, 1.82) is 0 Å². The summed E-state index contributed by atoms with van der Waals surface area (Å²) in [7, 11) is 1.73. The lowest BCUT2D eigenvalue weighted by atomic mass is 10.2. The number of carbonyl (C=O) groups is 1. The number of rotatable bonds is 6. The SMILES string of the molecule is Cc1sc2ncn(CCC(=O)N(C)Cc3ccc(-c4ccc(Cl)cc4)o3)c(=O)c2c1C. The first-order chi connectivity index (χ1) is 14.8. The molecule has 0 atom stereocenters. The van der Waals surface area contributed by atoms with Crippen LogP contribution in [0.15, 0.2) is 51.9 Å². The number of aromatic nitrogens is 2. The molecule has 0 unspecified atom stereocenters. The molecule has 4 aromatic rings. The lowest BCUT2D eigenvalue weighted by Crippen LogP contribution is -2.29. The summed E-state index contributed by atoms with van der Waals surface area (Å²) in [5, 5.41) is 1.31. The summed E-state index contributed by atoms with van der Waals surface area (Å²) in [6.45, 7) is 4.55. The maximum absolute atomic E-state index is 12.8. The van der Waals surface area contributed by atoms with Crippen LogP contribution in [0.5, 0.6) is 0 Å². The van der Waals surface area contributed by atoms with Crippen LogP contribution in [-0.4, -0.2) is 27.4 Å². The van der Waals surface area contributed by atoms with Crippen LogP contribution in [0.1, 0.15) is 22.6 Å². The number of hydrogen-bond acceptors (Lipinski definition) is 5. The van der Waals surface area contributed by atoms with Gasteiger partial charge < -0.3 is 9.32 Å². The van der Waals surface area contributed by atoms with E-state index in [1.165, 1.54) is 22.2 Å². The second kappa shape index (κ2) is 8.69. The third kappa shape index (κ3) is 4.43. The van der Waals surface area contributed by atoms with Gasteiger partial charge in [0.1, 0.15) is 16.4 Å². The van der Waals surface area contributed by atoms with Gasteiger partial charge in [-0.3, -0.25) is 14.2 Å². The summed E-state index contributed by atoms with van der Waals surface area (Å²) in [4.78, 5) is 33.2. The highest BCUT2D eigenvalue weighted by molar-refractivity contribution is 7.18. The highest BCUT2D eigenvalue weighted by Gasteiger charge is 2.15. The summed E-state index contributed by atoms with van der Waals surface area (Å²) in [5.74, 6) is 1.33. The van der Waals surface area contributed by atoms with Crippen molar-refractivity contribution in [2.24, 2.45) is 0 Å². The standard InChI is InChI=1S/C23H22ClN3O3S/c1-14-15(2)31-22-21(14)23(29)27(13-25-22)11-10-20(28)26(3)12-18-8-9-19(30-18)16-4-6-17(24)7-5-16/h4-9,13H,10-12H2,1-3H3. The molecule has 0 N–H and O–H groups in total. The molecule has 8 heteroatoms. The van der Waals surface area contributed by atoms with E-state index >= 15 is 0 Å². The molecule has 3 heterocycles. The zero-order valence-corrected chi connectivity index (χ0v) is 19.1. The lowest BCUT2D eigenvalue weighted by Gasteiger charge is -2.16. The van der Waals surface area contributed by atoms with E-state index in [-0.39, 0.29) is 24.4 Å². The average molecular weight is 456 g/mol. The van der Waals surface area contributed by atoms with Crippen LogP contribution in [0.3, 0.4) is 0 Å². The van der Waals surface area contributed by atoms with Crippen molar-refractivity contribution in [2.45, 2.75) is 33.4 Å². The van der Waals surface area contributed by atoms with E-state index in [1.807, 2.05) is 50.2 Å². The number of amides is 1. The summed E-state index contributed by atoms with van der Waals surface area (Å²) in [5.41, 5.74) is 1.79. The van der Waals surface area contributed by atoms with Gasteiger partial charge in [-0.2, -0.15) is 0 Å². The number of carbonyl (C=O) groups excluding carboxylic acids is 1. The molecule has 1 amide bonds. The minimum Gasteiger partial charge on any atom is -0.459 e. The molecule has 1 aromatic carbocycles. The van der Waals surface area contributed by atoms with Crippen molar-refractivity contribution >= 4 is 39.1 Å². The topological polar surface area (TPSA) is 68.3 Å². The molecule has 0 bridgehead atoms. The molecule has 4 rings (SSSR count). The Labute approximate surface area is 188 Å². The number of aryl methyl sites for hydroxylation is 3. The maximum atomic E-state index is 12.8. The van der Waals surface area contributed by atoms with Gasteiger partial charge in [-0.25, -0.2) is 4.98 Å². The van der Waals surface area contributed by atoms with E-state index in [2.05, 4.69) is 4.98 Å². The summed E-state index contributed by atoms with van der Waals surface area (Å²) in [6, 6.07) is 11.1. The van der Waals surface area contributed by atoms with Gasteiger partial charge in [0.25, 0.3) is 5.56 Å². The molecular weight excluding hydrogens is 434 g/mol. The Hall–Kier alpha value is -2.90. The molecule has 3 aromatic heterocycles. The largest absolute Gasteiger partial charge is 0.459 e. The zero-order valence-electron chi connectivity index (χ0n) is 17.5. The van der Waals surface area contributed by atoms with E-state index < -0.39 is 0 Å². The summed E-state index contributed by atoms with van der Waals surface area (Å²) in [6.07, 6.45) is 1.73. The quantitative estimate of drug-likeness (QED) is 0.408. The third-order valence-electron chi connectivity index (χ3n) is 5.33. The van der Waals surface area contributed by atoms with Gasteiger partial charge in [-0.1, -0.05) is 11.6 Å². The lowest BCUT2D eigenvalue weighted by molar-refractivity contribution is -0.130. The number of benzene rings is 1. The minimum atomic E-state index is -0.0963. The molecule has 6 nitrogen and oxygen atoms in total. The number of furan rings is 1. The number of halogens is 1. The molecule has 160 valence electrons. The molecule has 0 fully saturated rings. The van der Waals surface area contributed by atoms with Gasteiger partial charge in [-0.05, 0) is 55.8 Å². The van der Waals surface area contributed by atoms with Gasteiger partial charge in [0, 0.05) is 35.5 Å². The predicted molar refractivity (Wildman–Crippen MR) is 124 cm³/mol. The van der Waals surface area contributed by atoms with Crippen molar-refractivity contribution in [3.63, 3.8) is 0 Å². The smallest absolute Gasteiger partial charge is 0.262 e. The van der Waals surface area contributed by atoms with Crippen molar-refractivity contribution in [1.82, 2.24) is 14.5 Å². The van der Waals surface area contributed by atoms with E-state index in [4.69, 9.17) is 16.0 Å². The molecule has 0 aliphatic rings. The summed E-state index contributed by atoms with van der Waals surface area (Å²) < 4.78 is 7.39. The second-order valence-electron chi connectivity index (χ2n) is 7.48. The first-order valence-corrected chi connectivity index (χ1v) is 11.1.